The summed E-state index contributed by atoms with van der Waals surface area (Å²) in [5.74, 6) is -2.32. The van der Waals surface area contributed by atoms with Gasteiger partial charge in [-0.2, -0.15) is 0 Å². The van der Waals surface area contributed by atoms with E-state index in [1.54, 1.807) is 12.1 Å². The minimum Gasteiger partial charge on any atom is -0.430 e. The second-order valence-electron chi connectivity index (χ2n) is 14.7. The number of furan rings is 2. The molecule has 57 heavy (non-hydrogen) atoms. The molecule has 2 saturated heterocycles. The quantitative estimate of drug-likeness (QED) is 0.107. The van der Waals surface area contributed by atoms with Crippen molar-refractivity contribution in [3.8, 4) is 0 Å². The van der Waals surface area contributed by atoms with Gasteiger partial charge in [0.25, 0.3) is 11.8 Å². The van der Waals surface area contributed by atoms with Gasteiger partial charge in [-0.25, -0.2) is 19.6 Å². The number of pyridine rings is 2. The van der Waals surface area contributed by atoms with Gasteiger partial charge in [0.1, 0.15) is 11.4 Å². The van der Waals surface area contributed by atoms with Gasteiger partial charge in [0, 0.05) is 25.7 Å². The Bertz CT molecular complexity index is 2490. The van der Waals surface area contributed by atoms with Gasteiger partial charge in [-0.1, -0.05) is 60.7 Å². The number of benzene rings is 2. The topological polar surface area (TPSA) is 229 Å². The van der Waals surface area contributed by atoms with Crippen molar-refractivity contribution in [3.63, 3.8) is 0 Å². The summed E-state index contributed by atoms with van der Waals surface area (Å²) in [7, 11) is 0. The first-order valence-electron chi connectivity index (χ1n) is 18.5. The Kier molecular flexibility index (Phi) is 9.81. The largest absolute Gasteiger partial charge is 0.430 e. The number of rotatable bonds is 10. The first-order valence-corrected chi connectivity index (χ1v) is 18.5. The predicted octanol–water partition coefficient (Wildman–Crippen LogP) is 5.13. The highest BCUT2D eigenvalue weighted by Crippen LogP contribution is 2.35. The summed E-state index contributed by atoms with van der Waals surface area (Å²) in [5.41, 5.74) is 5.66. The van der Waals surface area contributed by atoms with Crippen molar-refractivity contribution < 1.29 is 38.2 Å². The second kappa shape index (κ2) is 15.0. The average Bonchev–Trinajstić information content (AvgIpc) is 3.99. The molecular formula is C41H40N8O8. The third kappa shape index (κ3) is 7.85. The summed E-state index contributed by atoms with van der Waals surface area (Å²) < 4.78 is 11.5. The van der Waals surface area contributed by atoms with Crippen LogP contribution in [0.3, 0.4) is 0 Å². The first kappa shape index (κ1) is 37.2. The fourth-order valence-electron chi connectivity index (χ4n) is 7.53. The van der Waals surface area contributed by atoms with Crippen molar-refractivity contribution in [1.29, 1.82) is 0 Å². The number of nitrogens with zero attached hydrogens (tertiary/aromatic N) is 4. The number of likely N-dealkylation sites (tertiary alicyclic amines) is 2. The number of carbonyl (C=O) groups excluding carboxylic acids is 4. The van der Waals surface area contributed by atoms with E-state index in [1.165, 1.54) is 28.3 Å². The lowest BCUT2D eigenvalue weighted by Gasteiger charge is -2.23. The number of aryl methyl sites for hydroxylation is 1. The van der Waals surface area contributed by atoms with Crippen LogP contribution in [0.4, 0.5) is 26.7 Å². The Morgan fingerprint density at radius 2 is 1.32 bits per heavy atom. The van der Waals surface area contributed by atoms with E-state index in [2.05, 4.69) is 25.9 Å². The van der Waals surface area contributed by atoms with Crippen LogP contribution in [0.5, 0.6) is 0 Å². The van der Waals surface area contributed by atoms with Crippen molar-refractivity contribution in [2.75, 3.05) is 42.1 Å². The monoisotopic (exact) mass is 772 g/mol. The molecule has 4 aromatic heterocycles. The fraction of sp³-hybridized carbons (Fsp3) is 0.268. The number of urea groups is 2. The zero-order valence-electron chi connectivity index (χ0n) is 30.7. The average molecular weight is 773 g/mol. The van der Waals surface area contributed by atoms with Crippen LogP contribution in [0, 0.1) is 0 Å². The van der Waals surface area contributed by atoms with Gasteiger partial charge >= 0.3 is 12.1 Å². The number of nitrogens with one attached hydrogen (secondary N) is 3. The molecule has 2 fully saturated rings. The summed E-state index contributed by atoms with van der Waals surface area (Å²) in [6.45, 7) is 0.722. The molecule has 6 aromatic rings. The molecule has 2 aliphatic heterocycles. The minimum absolute atomic E-state index is 0.0330. The van der Waals surface area contributed by atoms with E-state index in [4.69, 9.17) is 14.6 Å². The highest BCUT2D eigenvalue weighted by molar-refractivity contribution is 6.15. The molecule has 0 radical (unpaired) electrons. The van der Waals surface area contributed by atoms with E-state index in [-0.39, 0.29) is 65.0 Å². The Labute approximate surface area is 325 Å². The number of primary amides is 1. The second-order valence-corrected chi connectivity index (χ2v) is 14.7. The third-order valence-electron chi connectivity index (χ3n) is 10.5. The normalized spacial score (nSPS) is 19.3. The van der Waals surface area contributed by atoms with Crippen LogP contribution >= 0.6 is 0 Å². The predicted molar refractivity (Wildman–Crippen MR) is 210 cm³/mol. The molecule has 16 nitrogen and oxygen atoms in total. The molecule has 2 atom stereocenters. The van der Waals surface area contributed by atoms with Gasteiger partial charge < -0.3 is 50.5 Å². The van der Waals surface area contributed by atoms with E-state index in [1.807, 2.05) is 60.7 Å². The van der Waals surface area contributed by atoms with Crippen LogP contribution < -0.4 is 21.7 Å². The number of β-amino-alcohol motifs (C(OH)–C–C–N with tert-alkyl or cyclic N) is 2. The van der Waals surface area contributed by atoms with E-state index >= 15 is 0 Å². The highest BCUT2D eigenvalue weighted by Gasteiger charge is 2.40. The number of aromatic nitrogens is 2. The maximum absolute atomic E-state index is 13.8. The molecular weight excluding hydrogens is 732 g/mol. The Morgan fingerprint density at radius 3 is 2.00 bits per heavy atom. The first-order chi connectivity index (χ1) is 27.5. The lowest BCUT2D eigenvalue weighted by atomic mass is 9.94. The molecule has 7 N–H and O–H groups in total. The lowest BCUT2D eigenvalue weighted by molar-refractivity contribution is 0.0445. The van der Waals surface area contributed by atoms with E-state index in [0.717, 1.165) is 11.1 Å². The highest BCUT2D eigenvalue weighted by atomic mass is 16.4. The number of hydrogen-bond acceptors (Lipinski definition) is 10. The molecule has 6 amide bonds. The maximum atomic E-state index is 13.8. The van der Waals surface area contributed by atoms with E-state index in [9.17, 15) is 29.4 Å². The molecule has 0 bridgehead atoms. The Morgan fingerprint density at radius 1 is 0.719 bits per heavy atom. The third-order valence-corrected chi connectivity index (χ3v) is 10.5. The Balaban J connectivity index is 0.987. The van der Waals surface area contributed by atoms with Gasteiger partial charge in [-0.15, -0.1) is 0 Å². The number of amides is 6. The summed E-state index contributed by atoms with van der Waals surface area (Å²) >= 11 is 0. The SMILES string of the molecule is NC(=O)c1oc2ncc(NC(=O)c3oc4ncccc4c3NC(=O)N3CCC(O)(CCc4ccccc4)C3)cc2c1NC(=O)N1CCC(O)(Cc2ccccc2)C1. The number of carbonyl (C=O) groups is 4. The zero-order chi connectivity index (χ0) is 39.7. The zero-order valence-corrected chi connectivity index (χ0v) is 30.7. The molecule has 0 aliphatic carbocycles. The molecule has 8 rings (SSSR count). The van der Waals surface area contributed by atoms with Crippen molar-refractivity contribution in [2.24, 2.45) is 5.73 Å². The summed E-state index contributed by atoms with van der Waals surface area (Å²) in [6, 6.07) is 22.9. The van der Waals surface area contributed by atoms with Crippen LogP contribution in [0.2, 0.25) is 0 Å². The number of hydrogen-bond donors (Lipinski definition) is 6. The van der Waals surface area contributed by atoms with Crippen molar-refractivity contribution in [1.82, 2.24) is 19.8 Å². The van der Waals surface area contributed by atoms with Gasteiger partial charge in [0.15, 0.2) is 0 Å². The summed E-state index contributed by atoms with van der Waals surface area (Å²) in [6.07, 6.45) is 5.00. The van der Waals surface area contributed by atoms with Crippen molar-refractivity contribution in [2.45, 2.75) is 43.3 Å². The fourth-order valence-corrected chi connectivity index (χ4v) is 7.53. The summed E-state index contributed by atoms with van der Waals surface area (Å²) in [5, 5.41) is 31.3. The molecule has 292 valence electrons. The van der Waals surface area contributed by atoms with Crippen LogP contribution in [0.25, 0.3) is 22.2 Å². The number of anilines is 3. The summed E-state index contributed by atoms with van der Waals surface area (Å²) in [4.78, 5) is 64.8. The van der Waals surface area contributed by atoms with Crippen molar-refractivity contribution in [3.05, 3.63) is 114 Å². The van der Waals surface area contributed by atoms with Gasteiger partial charge in [0.2, 0.25) is 22.9 Å². The van der Waals surface area contributed by atoms with E-state index in [0.29, 0.717) is 44.0 Å². The molecule has 2 aromatic carbocycles. The molecule has 16 heteroatoms. The van der Waals surface area contributed by atoms with E-state index < -0.39 is 35.1 Å². The molecule has 2 aliphatic rings. The Hall–Kier alpha value is -6.78. The van der Waals surface area contributed by atoms with Gasteiger partial charge in [-0.05, 0) is 55.0 Å². The van der Waals surface area contributed by atoms with Crippen LogP contribution in [-0.4, -0.2) is 91.2 Å². The smallest absolute Gasteiger partial charge is 0.322 e. The molecule has 6 heterocycles. The van der Waals surface area contributed by atoms with Crippen LogP contribution in [0.15, 0.2) is 100 Å². The lowest BCUT2D eigenvalue weighted by Crippen LogP contribution is -2.39. The number of nitrogens with two attached hydrogens (primary N) is 1. The standard InChI is InChI=1S/C41H40N8O8/c42-34(50)32-31(47-39(53)49-19-16-41(55,24-49)21-26-10-5-2-6-11-26)29-20-27(22-44-37(29)56-32)45-35(51)33-30(28-12-7-17-43-36(28)57-33)46-38(52)48-18-15-40(54,23-48)14-13-25-8-3-1-4-9-25/h1-12,17,20,22,54-55H,13-16,18-19,21,23-24H2,(H2,42,50)(H,45,51)(H,46,52)(H,47,53). The van der Waals surface area contributed by atoms with Crippen LogP contribution in [0.1, 0.15) is 51.5 Å². The molecule has 2 unspecified atom stereocenters. The number of fused-ring (bicyclic) bond motifs is 2. The van der Waals surface area contributed by atoms with Crippen molar-refractivity contribution >= 4 is 63.1 Å². The van der Waals surface area contributed by atoms with Crippen LogP contribution in [-0.2, 0) is 12.8 Å². The molecule has 0 spiro atoms. The minimum atomic E-state index is -1.15. The maximum Gasteiger partial charge on any atom is 0.322 e. The number of aliphatic hydroxyl groups is 2. The van der Waals surface area contributed by atoms with Gasteiger partial charge in [0.05, 0.1) is 46.9 Å². The van der Waals surface area contributed by atoms with Gasteiger partial charge in [-0.3, -0.25) is 9.59 Å². The molecule has 0 saturated carbocycles.